The molecule has 0 aliphatic rings. The molecule has 194 valence electrons. The van der Waals surface area contributed by atoms with Crippen LogP contribution in [-0.2, 0) is 28.8 Å². The molecule has 0 aromatic carbocycles. The van der Waals surface area contributed by atoms with Crippen LogP contribution in [0.4, 0.5) is 0 Å². The van der Waals surface area contributed by atoms with Gasteiger partial charge in [-0.15, -0.1) is 0 Å². The predicted molar refractivity (Wildman–Crippen MR) is 155 cm³/mol. The molecule has 0 saturated heterocycles. The van der Waals surface area contributed by atoms with Gasteiger partial charge < -0.3 is 28.8 Å². The van der Waals surface area contributed by atoms with E-state index in [0.717, 1.165) is 0 Å². The highest BCUT2D eigenvalue weighted by atomic mass is 28.5. The molecule has 0 heterocycles. The highest BCUT2D eigenvalue weighted by Crippen LogP contribution is 2.26. The van der Waals surface area contributed by atoms with Gasteiger partial charge in [0.2, 0.25) is 0 Å². The molecule has 32 heavy (non-hydrogen) atoms. The summed E-state index contributed by atoms with van der Waals surface area (Å²) in [6.45, 7) is 36.2. The van der Waals surface area contributed by atoms with E-state index in [0.29, 0.717) is 0 Å². The van der Waals surface area contributed by atoms with Crippen molar-refractivity contribution in [3.05, 3.63) is 0 Å². The molecule has 0 amide bonds. The smallest absolute Gasteiger partial charge is 0.314 e. The van der Waals surface area contributed by atoms with Crippen LogP contribution >= 0.6 is 0 Å². The quantitative estimate of drug-likeness (QED) is 0.225. The maximum Gasteiger partial charge on any atom is 0.314 e. The highest BCUT2D eigenvalue weighted by Gasteiger charge is 2.45. The monoisotopic (exact) mass is 592 g/mol. The van der Waals surface area contributed by atoms with Crippen LogP contribution in [0.15, 0.2) is 0 Å². The largest absolute Gasteiger partial charge is 0.437 e. The first kappa shape index (κ1) is 33.5. The Morgan fingerprint density at radius 2 is 0.562 bits per heavy atom. The van der Waals surface area contributed by atoms with Crippen molar-refractivity contribution in [3.63, 3.8) is 0 Å². The summed E-state index contributed by atoms with van der Waals surface area (Å²) >= 11 is 0. The summed E-state index contributed by atoms with van der Waals surface area (Å²) in [5.74, 6) is 0. The molecule has 0 aromatic heterocycles. The minimum Gasteiger partial charge on any atom is -0.437 e. The first-order valence-electron chi connectivity index (χ1n) is 11.5. The summed E-state index contributed by atoms with van der Waals surface area (Å²) in [5, 5.41) is 0. The van der Waals surface area contributed by atoms with E-state index in [9.17, 15) is 0 Å². The molecule has 1 unspecified atom stereocenters. The lowest BCUT2D eigenvalue weighted by Gasteiger charge is -2.41. The summed E-state index contributed by atoms with van der Waals surface area (Å²) in [5.41, 5.74) is 0. The maximum absolute atomic E-state index is 6.55. The van der Waals surface area contributed by atoms with Crippen LogP contribution in [0, 0.1) is 0 Å². The zero-order chi connectivity index (χ0) is 26.0. The maximum atomic E-state index is 6.55. The summed E-state index contributed by atoms with van der Waals surface area (Å²) in [6, 6.07) is 0. The molecule has 15 heteroatoms. The first-order valence-corrected chi connectivity index (χ1v) is 34.5. The van der Waals surface area contributed by atoms with Crippen LogP contribution in [-0.4, -0.2) is 68.7 Å². The van der Waals surface area contributed by atoms with Gasteiger partial charge in [-0.3, -0.25) is 0 Å². The van der Waals surface area contributed by atoms with Crippen LogP contribution in [0.5, 0.6) is 0 Å². The summed E-state index contributed by atoms with van der Waals surface area (Å²) in [6.07, 6.45) is 0. The first-order chi connectivity index (χ1) is 13.6. The Hall–Kier alpha value is 1.46. The molecule has 1 atom stereocenters. The molecule has 0 fully saturated rings. The van der Waals surface area contributed by atoms with Gasteiger partial charge in [0.1, 0.15) is 0 Å². The minimum atomic E-state index is -2.45. The molecular weight excluding hydrogens is 541 g/mol. The summed E-state index contributed by atoms with van der Waals surface area (Å²) in [7, 11) is -17.1. The Balaban J connectivity index is 5.04. The van der Waals surface area contributed by atoms with Crippen molar-refractivity contribution < 1.29 is 28.8 Å². The van der Waals surface area contributed by atoms with Crippen molar-refractivity contribution in [1.29, 1.82) is 0 Å². The van der Waals surface area contributed by atoms with Crippen LogP contribution < -0.4 is 0 Å². The summed E-state index contributed by atoms with van der Waals surface area (Å²) < 4.78 is 45.1. The number of rotatable bonds is 14. The fourth-order valence-electron chi connectivity index (χ4n) is 4.18. The van der Waals surface area contributed by atoms with Crippen molar-refractivity contribution in [2.45, 2.75) is 111 Å². The van der Waals surface area contributed by atoms with Crippen LogP contribution in [0.2, 0.25) is 111 Å². The molecule has 0 spiro atoms. The third-order valence-electron chi connectivity index (χ3n) is 3.48. The Morgan fingerprint density at radius 3 is 0.812 bits per heavy atom. The molecule has 0 bridgehead atoms. The topological polar surface area (TPSA) is 64.6 Å². The number of hydrogen-bond acceptors (Lipinski definition) is 7. The van der Waals surface area contributed by atoms with Crippen molar-refractivity contribution in [2.75, 3.05) is 0 Å². The molecule has 0 radical (unpaired) electrons. The van der Waals surface area contributed by atoms with Gasteiger partial charge in [-0.1, -0.05) is 0 Å². The lowest BCUT2D eigenvalue weighted by molar-refractivity contribution is 0.277. The van der Waals surface area contributed by atoms with Gasteiger partial charge in [0.15, 0.2) is 16.6 Å². The molecular formula is C17H52O7Si8. The van der Waals surface area contributed by atoms with E-state index in [1.165, 1.54) is 0 Å². The second kappa shape index (κ2) is 11.2. The minimum absolute atomic E-state index is 1.68. The normalized spacial score (nSPS) is 16.4. The Bertz CT molecular complexity index is 601. The van der Waals surface area contributed by atoms with Crippen molar-refractivity contribution in [2.24, 2.45) is 0 Å². The van der Waals surface area contributed by atoms with E-state index in [4.69, 9.17) is 28.8 Å². The van der Waals surface area contributed by atoms with Gasteiger partial charge in [0.25, 0.3) is 0 Å². The van der Waals surface area contributed by atoms with E-state index in [1.807, 2.05) is 0 Å². The Morgan fingerprint density at radius 1 is 0.344 bits per heavy atom. The SMILES string of the molecule is C[SiH](O[Si](C)(C)O[Si](C)(C)O[Si](C)(C)C)O[Si](C)(C)O[Si](C)(C)O[Si](C)(C)O[Si](C)(C)C. The van der Waals surface area contributed by atoms with Gasteiger partial charge in [-0.25, -0.2) is 0 Å². The van der Waals surface area contributed by atoms with Gasteiger partial charge in [-0.05, 0) is 111 Å². The molecule has 7 nitrogen and oxygen atoms in total. The zero-order valence-electron chi connectivity index (χ0n) is 23.9. The van der Waals surface area contributed by atoms with Crippen LogP contribution in [0.3, 0.4) is 0 Å². The lowest BCUT2D eigenvalue weighted by Crippen LogP contribution is -2.58. The third kappa shape index (κ3) is 17.0. The molecule has 0 saturated carbocycles. The van der Waals surface area contributed by atoms with E-state index >= 15 is 0 Å². The van der Waals surface area contributed by atoms with E-state index in [-0.39, 0.29) is 0 Å². The third-order valence-corrected chi connectivity index (χ3v) is 31.3. The predicted octanol–water partition coefficient (Wildman–Crippen LogP) is 6.13. The van der Waals surface area contributed by atoms with Gasteiger partial charge in [-0.2, -0.15) is 0 Å². The standard InChI is InChI=1S/C17H52O7Si8/c1-25(18-28(8,9)22-30(12,13)20-26(2,3)4)19-29(10,11)23-32(16,17)24-31(14,15)21-27(5,6)7/h25H,1-17H3. The Labute approximate surface area is 208 Å². The average molecular weight is 593 g/mol. The van der Waals surface area contributed by atoms with Gasteiger partial charge in [0.05, 0.1) is 0 Å². The second-order valence-corrected chi connectivity index (χ2v) is 42.1. The van der Waals surface area contributed by atoms with E-state index in [2.05, 4.69) is 111 Å². The zero-order valence-corrected chi connectivity index (χ0v) is 32.1. The fourth-order valence-corrected chi connectivity index (χ4v) is 40.1. The van der Waals surface area contributed by atoms with E-state index < -0.39 is 68.7 Å². The second-order valence-electron chi connectivity index (χ2n) is 12.5. The van der Waals surface area contributed by atoms with Crippen molar-refractivity contribution in [3.8, 4) is 0 Å². The molecule has 0 rings (SSSR count). The lowest BCUT2D eigenvalue weighted by atomic mass is 11.8. The highest BCUT2D eigenvalue weighted by molar-refractivity contribution is 6.90. The van der Waals surface area contributed by atoms with Crippen LogP contribution in [0.25, 0.3) is 0 Å². The molecule has 0 aromatic rings. The van der Waals surface area contributed by atoms with Crippen molar-refractivity contribution >= 4 is 68.7 Å². The molecule has 0 aliphatic carbocycles. The van der Waals surface area contributed by atoms with Gasteiger partial charge in [0, 0.05) is 0 Å². The van der Waals surface area contributed by atoms with Gasteiger partial charge >= 0.3 is 52.1 Å². The molecule has 0 aliphatic heterocycles. The number of hydrogen-bond donors (Lipinski definition) is 0. The summed E-state index contributed by atoms with van der Waals surface area (Å²) in [4.78, 5) is 0. The molecule has 0 N–H and O–H groups in total. The Kier molecular flexibility index (Phi) is 11.7. The van der Waals surface area contributed by atoms with E-state index in [1.54, 1.807) is 0 Å². The fraction of sp³-hybridized carbons (Fsp3) is 1.00. The average Bonchev–Trinajstić information content (AvgIpc) is 2.22. The van der Waals surface area contributed by atoms with Crippen LogP contribution in [0.1, 0.15) is 0 Å². The van der Waals surface area contributed by atoms with Crippen molar-refractivity contribution in [1.82, 2.24) is 0 Å².